The van der Waals surface area contributed by atoms with Gasteiger partial charge in [-0.1, -0.05) is 37.6 Å². The van der Waals surface area contributed by atoms with Gasteiger partial charge in [0, 0.05) is 18.6 Å². The first-order valence-electron chi connectivity index (χ1n) is 6.23. The summed E-state index contributed by atoms with van der Waals surface area (Å²) < 4.78 is 5.38. The van der Waals surface area contributed by atoms with Crippen LogP contribution in [0.15, 0.2) is 24.3 Å². The highest BCUT2D eigenvalue weighted by molar-refractivity contribution is 5.25. The van der Waals surface area contributed by atoms with Gasteiger partial charge in [-0.3, -0.25) is 0 Å². The zero-order valence-corrected chi connectivity index (χ0v) is 9.99. The number of hydrogen-bond acceptors (Lipinski definition) is 2. The number of ether oxygens (including phenoxy) is 1. The predicted octanol–water partition coefficient (Wildman–Crippen LogP) is 2.68. The predicted molar refractivity (Wildman–Crippen MR) is 66.3 cm³/mol. The van der Waals surface area contributed by atoms with Crippen LogP contribution in [0.25, 0.3) is 0 Å². The summed E-state index contributed by atoms with van der Waals surface area (Å²) in [6.45, 7) is 3.89. The Kier molecular flexibility index (Phi) is 3.97. The molecule has 0 aliphatic carbocycles. The standard InChI is InChI=1S/C14H21NO/c1-2-3-11-4-6-12(7-5-11)14(15)13-8-9-16-10-13/h4-7,13-14H,2-3,8-10,15H2,1H3. The molecule has 2 N–H and O–H groups in total. The average molecular weight is 219 g/mol. The van der Waals surface area contributed by atoms with Crippen molar-refractivity contribution in [3.63, 3.8) is 0 Å². The maximum atomic E-state index is 6.24. The Labute approximate surface area is 97.8 Å². The lowest BCUT2D eigenvalue weighted by Crippen LogP contribution is -2.21. The first-order valence-corrected chi connectivity index (χ1v) is 6.23. The van der Waals surface area contributed by atoms with Gasteiger partial charge >= 0.3 is 0 Å². The van der Waals surface area contributed by atoms with Crippen LogP contribution >= 0.6 is 0 Å². The van der Waals surface area contributed by atoms with Crippen LogP contribution < -0.4 is 5.73 Å². The molecule has 0 spiro atoms. The lowest BCUT2D eigenvalue weighted by molar-refractivity contribution is 0.181. The molecule has 16 heavy (non-hydrogen) atoms. The number of benzene rings is 1. The van der Waals surface area contributed by atoms with Crippen molar-refractivity contribution < 1.29 is 4.74 Å². The molecule has 1 saturated heterocycles. The SMILES string of the molecule is CCCc1ccc(C(N)C2CCOC2)cc1. The monoisotopic (exact) mass is 219 g/mol. The fourth-order valence-electron chi connectivity index (χ4n) is 2.30. The molecule has 0 radical (unpaired) electrons. The van der Waals surface area contributed by atoms with Crippen LogP contribution in [0.2, 0.25) is 0 Å². The summed E-state index contributed by atoms with van der Waals surface area (Å²) in [7, 11) is 0. The Hall–Kier alpha value is -0.860. The quantitative estimate of drug-likeness (QED) is 0.845. The van der Waals surface area contributed by atoms with E-state index in [0.717, 1.165) is 26.1 Å². The molecular weight excluding hydrogens is 198 g/mol. The highest BCUT2D eigenvalue weighted by atomic mass is 16.5. The zero-order chi connectivity index (χ0) is 11.4. The second-order valence-corrected chi connectivity index (χ2v) is 4.64. The molecule has 1 aliphatic rings. The van der Waals surface area contributed by atoms with Crippen molar-refractivity contribution in [2.75, 3.05) is 13.2 Å². The van der Waals surface area contributed by atoms with Crippen LogP contribution in [0.4, 0.5) is 0 Å². The van der Waals surface area contributed by atoms with Gasteiger partial charge in [-0.25, -0.2) is 0 Å². The molecule has 0 saturated carbocycles. The van der Waals surface area contributed by atoms with E-state index in [-0.39, 0.29) is 6.04 Å². The summed E-state index contributed by atoms with van der Waals surface area (Å²) in [4.78, 5) is 0. The minimum Gasteiger partial charge on any atom is -0.381 e. The molecule has 2 heteroatoms. The van der Waals surface area contributed by atoms with Crippen molar-refractivity contribution in [3.05, 3.63) is 35.4 Å². The van der Waals surface area contributed by atoms with Crippen LogP contribution in [0.5, 0.6) is 0 Å². The molecule has 88 valence electrons. The van der Waals surface area contributed by atoms with Crippen molar-refractivity contribution in [1.29, 1.82) is 0 Å². The molecule has 2 atom stereocenters. The molecular formula is C14H21NO. The molecule has 1 aliphatic heterocycles. The minimum atomic E-state index is 0.137. The zero-order valence-electron chi connectivity index (χ0n) is 9.99. The maximum Gasteiger partial charge on any atom is 0.0513 e. The summed E-state index contributed by atoms with van der Waals surface area (Å²) in [5.41, 5.74) is 8.89. The van der Waals surface area contributed by atoms with Crippen LogP contribution in [-0.4, -0.2) is 13.2 Å². The lowest BCUT2D eigenvalue weighted by Gasteiger charge is -2.18. The molecule has 1 aromatic carbocycles. The second-order valence-electron chi connectivity index (χ2n) is 4.64. The van der Waals surface area contributed by atoms with Gasteiger partial charge in [-0.2, -0.15) is 0 Å². The van der Waals surface area contributed by atoms with Gasteiger partial charge in [0.05, 0.1) is 6.61 Å². The minimum absolute atomic E-state index is 0.137. The Bertz CT molecular complexity index is 314. The Morgan fingerprint density at radius 3 is 2.69 bits per heavy atom. The van der Waals surface area contributed by atoms with Gasteiger partial charge in [-0.15, -0.1) is 0 Å². The van der Waals surface area contributed by atoms with E-state index in [1.165, 1.54) is 17.5 Å². The summed E-state index contributed by atoms with van der Waals surface area (Å²) in [6.07, 6.45) is 3.45. The highest BCUT2D eigenvalue weighted by Gasteiger charge is 2.23. The molecule has 2 nitrogen and oxygen atoms in total. The van der Waals surface area contributed by atoms with Crippen LogP contribution in [0, 0.1) is 5.92 Å². The van der Waals surface area contributed by atoms with E-state index in [2.05, 4.69) is 31.2 Å². The van der Waals surface area contributed by atoms with Gasteiger partial charge < -0.3 is 10.5 Å². The van der Waals surface area contributed by atoms with Crippen LogP contribution in [-0.2, 0) is 11.2 Å². The molecule has 1 fully saturated rings. The number of nitrogens with two attached hydrogens (primary N) is 1. The van der Waals surface area contributed by atoms with E-state index in [1.807, 2.05) is 0 Å². The third-order valence-corrected chi connectivity index (χ3v) is 3.38. The lowest BCUT2D eigenvalue weighted by atomic mass is 9.92. The molecule has 2 unspecified atom stereocenters. The molecule has 0 bridgehead atoms. The average Bonchev–Trinajstić information content (AvgIpc) is 2.83. The first kappa shape index (κ1) is 11.6. The van der Waals surface area contributed by atoms with Gasteiger partial charge in [-0.05, 0) is 24.0 Å². The van der Waals surface area contributed by atoms with Crippen LogP contribution in [0.3, 0.4) is 0 Å². The van der Waals surface area contributed by atoms with E-state index in [0.29, 0.717) is 5.92 Å². The number of hydrogen-bond donors (Lipinski definition) is 1. The summed E-state index contributed by atoms with van der Waals surface area (Å²) >= 11 is 0. The first-order chi connectivity index (χ1) is 7.81. The Morgan fingerprint density at radius 2 is 2.12 bits per heavy atom. The highest BCUT2D eigenvalue weighted by Crippen LogP contribution is 2.26. The number of rotatable bonds is 4. The summed E-state index contributed by atoms with van der Waals surface area (Å²) in [5.74, 6) is 0.497. The molecule has 0 amide bonds. The van der Waals surface area contributed by atoms with Crippen molar-refractivity contribution >= 4 is 0 Å². The van der Waals surface area contributed by atoms with E-state index in [1.54, 1.807) is 0 Å². The Balaban J connectivity index is 2.02. The van der Waals surface area contributed by atoms with Crippen molar-refractivity contribution in [2.24, 2.45) is 11.7 Å². The number of aryl methyl sites for hydroxylation is 1. The van der Waals surface area contributed by atoms with Crippen LogP contribution in [0.1, 0.15) is 36.9 Å². The maximum absolute atomic E-state index is 6.24. The van der Waals surface area contributed by atoms with Gasteiger partial charge in [0.15, 0.2) is 0 Å². The molecule has 1 aromatic rings. The van der Waals surface area contributed by atoms with Crippen molar-refractivity contribution in [1.82, 2.24) is 0 Å². The van der Waals surface area contributed by atoms with E-state index in [9.17, 15) is 0 Å². The smallest absolute Gasteiger partial charge is 0.0513 e. The molecule has 0 aromatic heterocycles. The van der Waals surface area contributed by atoms with Gasteiger partial charge in [0.1, 0.15) is 0 Å². The molecule has 1 heterocycles. The van der Waals surface area contributed by atoms with Gasteiger partial charge in [0.25, 0.3) is 0 Å². The topological polar surface area (TPSA) is 35.2 Å². The summed E-state index contributed by atoms with van der Waals surface area (Å²) in [5, 5.41) is 0. The Morgan fingerprint density at radius 1 is 1.38 bits per heavy atom. The fraction of sp³-hybridized carbons (Fsp3) is 0.571. The fourth-order valence-corrected chi connectivity index (χ4v) is 2.30. The summed E-state index contributed by atoms with van der Waals surface area (Å²) in [6, 6.07) is 8.89. The third kappa shape index (κ3) is 2.63. The van der Waals surface area contributed by atoms with Crippen molar-refractivity contribution in [3.8, 4) is 0 Å². The normalized spacial score (nSPS) is 22.2. The molecule has 2 rings (SSSR count). The third-order valence-electron chi connectivity index (χ3n) is 3.38. The van der Waals surface area contributed by atoms with E-state index in [4.69, 9.17) is 10.5 Å². The van der Waals surface area contributed by atoms with E-state index < -0.39 is 0 Å². The van der Waals surface area contributed by atoms with Crippen molar-refractivity contribution in [2.45, 2.75) is 32.2 Å². The second kappa shape index (κ2) is 5.46. The van der Waals surface area contributed by atoms with Gasteiger partial charge in [0.2, 0.25) is 0 Å². The van der Waals surface area contributed by atoms with E-state index >= 15 is 0 Å². The largest absolute Gasteiger partial charge is 0.381 e.